The maximum atomic E-state index is 13.3. The zero-order chi connectivity index (χ0) is 38.3. The first kappa shape index (κ1) is 42.2. The fraction of sp³-hybridized carbons (Fsp3) is 0.759. The number of nitrogens with two attached hydrogens (primary N) is 1. The lowest BCUT2D eigenvalue weighted by atomic mass is 9.95. The van der Waals surface area contributed by atoms with Crippen molar-refractivity contribution in [2.24, 2.45) is 21.1 Å². The SMILES string of the molecule is COC(=O)CC[C@@H](NC(=O)[C@H](C)NC(=O)[C@@H](C)O[C@@H]1[C@@H](NC(=O)CCC2(C)N=N2)[C@H](OCCN=[N+]=[N-])O[C@H](COC(C)=O)[C@H]1OC(C)=O)C(N)=O. The highest BCUT2D eigenvalue weighted by Gasteiger charge is 2.51. The Morgan fingerprint density at radius 1 is 1.02 bits per heavy atom. The van der Waals surface area contributed by atoms with Crippen LogP contribution in [0.5, 0.6) is 0 Å². The smallest absolute Gasteiger partial charge is 0.305 e. The Morgan fingerprint density at radius 3 is 2.27 bits per heavy atom. The predicted octanol–water partition coefficient (Wildman–Crippen LogP) is -0.818. The molecule has 1 saturated heterocycles. The molecule has 0 aromatic rings. The highest BCUT2D eigenvalue weighted by atomic mass is 16.7. The number of rotatable bonds is 21. The number of azide groups is 1. The molecule has 2 aliphatic heterocycles. The number of amides is 4. The molecule has 0 aromatic heterocycles. The third kappa shape index (κ3) is 14.5. The monoisotopic (exact) mass is 727 g/mol. The van der Waals surface area contributed by atoms with Crippen LogP contribution >= 0.6 is 0 Å². The number of ether oxygens (including phenoxy) is 6. The molecule has 0 saturated carbocycles. The molecule has 0 aliphatic carbocycles. The van der Waals surface area contributed by atoms with Crippen LogP contribution in [0.25, 0.3) is 10.4 Å². The topological polar surface area (TPSA) is 310 Å². The van der Waals surface area contributed by atoms with Crippen LogP contribution in [-0.2, 0) is 62.0 Å². The zero-order valence-corrected chi connectivity index (χ0v) is 29.2. The van der Waals surface area contributed by atoms with E-state index in [4.69, 9.17) is 34.9 Å². The van der Waals surface area contributed by atoms with Crippen LogP contribution in [0.4, 0.5) is 0 Å². The maximum Gasteiger partial charge on any atom is 0.305 e. The Balaban J connectivity index is 2.34. The van der Waals surface area contributed by atoms with Gasteiger partial charge in [0.2, 0.25) is 23.6 Å². The molecule has 22 nitrogen and oxygen atoms in total. The van der Waals surface area contributed by atoms with Gasteiger partial charge in [-0.2, -0.15) is 10.2 Å². The lowest BCUT2D eigenvalue weighted by Gasteiger charge is -2.46. The van der Waals surface area contributed by atoms with Gasteiger partial charge in [0.05, 0.1) is 13.7 Å². The third-order valence-electron chi connectivity index (χ3n) is 7.54. The van der Waals surface area contributed by atoms with Gasteiger partial charge < -0.3 is 50.1 Å². The van der Waals surface area contributed by atoms with Crippen molar-refractivity contribution < 1.29 is 62.0 Å². The number of nitrogens with zero attached hydrogens (tertiary/aromatic N) is 5. The summed E-state index contributed by atoms with van der Waals surface area (Å²) in [7, 11) is 1.16. The summed E-state index contributed by atoms with van der Waals surface area (Å²) >= 11 is 0. The number of hydrogen-bond donors (Lipinski definition) is 4. The molecular formula is C29H45N9O13. The van der Waals surface area contributed by atoms with Gasteiger partial charge in [0.25, 0.3) is 0 Å². The second-order valence-corrected chi connectivity index (χ2v) is 11.8. The number of hydrogen-bond acceptors (Lipinski definition) is 16. The standard InChI is InChI=1S/C29H45N9O13/c1-14(26(44)34-18(25(30)43)7-8-21(42)46-6)33-27(45)15(2)49-24-22(35-20(41)9-10-29(5)36-37-29)28(47-12-11-32-38-31)51-19(13-48-16(3)39)23(24)50-17(4)40/h14-15,18-19,22-24,28H,7-13H2,1-6H3,(H2,30,43)(H,33,45)(H,34,44)(H,35,41)/t14-,15+,18+,19+,22+,23+,24+,28+/m0/s1. The molecule has 2 aliphatic rings. The van der Waals surface area contributed by atoms with Gasteiger partial charge in [0, 0.05) is 44.6 Å². The third-order valence-corrected chi connectivity index (χ3v) is 7.54. The number of nitrogens with one attached hydrogen (secondary N) is 3. The summed E-state index contributed by atoms with van der Waals surface area (Å²) in [6.07, 6.45) is -6.95. The molecule has 0 spiro atoms. The van der Waals surface area contributed by atoms with E-state index < -0.39 is 103 Å². The molecule has 0 aromatic carbocycles. The number of esters is 3. The highest BCUT2D eigenvalue weighted by molar-refractivity contribution is 5.92. The Labute approximate surface area is 292 Å². The van der Waals surface area contributed by atoms with E-state index >= 15 is 0 Å². The van der Waals surface area contributed by atoms with Crippen molar-refractivity contribution in [2.75, 3.05) is 26.9 Å². The Morgan fingerprint density at radius 2 is 1.71 bits per heavy atom. The molecule has 22 heteroatoms. The largest absolute Gasteiger partial charge is 0.469 e. The quantitative estimate of drug-likeness (QED) is 0.0281. The molecule has 0 radical (unpaired) electrons. The van der Waals surface area contributed by atoms with Crippen LogP contribution in [0.2, 0.25) is 0 Å². The van der Waals surface area contributed by atoms with Crippen LogP contribution < -0.4 is 21.7 Å². The minimum Gasteiger partial charge on any atom is -0.469 e. The molecule has 4 amide bonds. The summed E-state index contributed by atoms with van der Waals surface area (Å²) in [4.78, 5) is 89.4. The lowest BCUT2D eigenvalue weighted by Crippen LogP contribution is -2.67. The van der Waals surface area contributed by atoms with Crippen molar-refractivity contribution in [1.29, 1.82) is 0 Å². The van der Waals surface area contributed by atoms with Crippen molar-refractivity contribution >= 4 is 41.5 Å². The summed E-state index contributed by atoms with van der Waals surface area (Å²) in [6.45, 7) is 5.81. The summed E-state index contributed by atoms with van der Waals surface area (Å²) in [5, 5.41) is 18.7. The van der Waals surface area contributed by atoms with E-state index in [-0.39, 0.29) is 38.8 Å². The van der Waals surface area contributed by atoms with Crippen molar-refractivity contribution in [3.8, 4) is 0 Å². The van der Waals surface area contributed by atoms with E-state index in [0.29, 0.717) is 0 Å². The first-order valence-electron chi connectivity index (χ1n) is 15.9. The maximum absolute atomic E-state index is 13.3. The molecule has 0 bridgehead atoms. The molecule has 0 unspecified atom stereocenters. The van der Waals surface area contributed by atoms with Gasteiger partial charge >= 0.3 is 17.9 Å². The van der Waals surface area contributed by atoms with E-state index in [1.165, 1.54) is 13.8 Å². The first-order chi connectivity index (χ1) is 24.0. The Kier molecular flexibility index (Phi) is 16.6. The second-order valence-electron chi connectivity index (χ2n) is 11.8. The van der Waals surface area contributed by atoms with Crippen molar-refractivity contribution in [2.45, 2.75) is 115 Å². The minimum absolute atomic E-state index is 0.0537. The number of carbonyl (C=O) groups excluding carboxylic acids is 7. The van der Waals surface area contributed by atoms with Crippen molar-refractivity contribution in [3.63, 3.8) is 0 Å². The van der Waals surface area contributed by atoms with Crippen LogP contribution in [-0.4, -0.2) is 123 Å². The van der Waals surface area contributed by atoms with Gasteiger partial charge in [-0.3, -0.25) is 33.6 Å². The van der Waals surface area contributed by atoms with Gasteiger partial charge in [-0.25, -0.2) is 0 Å². The lowest BCUT2D eigenvalue weighted by molar-refractivity contribution is -0.284. The summed E-state index contributed by atoms with van der Waals surface area (Å²) in [5.41, 5.74) is 13.3. The summed E-state index contributed by atoms with van der Waals surface area (Å²) in [6, 6.07) is -3.76. The van der Waals surface area contributed by atoms with E-state index in [1.807, 2.05) is 0 Å². The van der Waals surface area contributed by atoms with Crippen LogP contribution in [0.15, 0.2) is 15.3 Å². The molecular weight excluding hydrogens is 682 g/mol. The van der Waals surface area contributed by atoms with Crippen LogP contribution in [0.1, 0.15) is 60.3 Å². The number of primary amides is 1. The van der Waals surface area contributed by atoms with Gasteiger partial charge in [-0.05, 0) is 32.7 Å². The predicted molar refractivity (Wildman–Crippen MR) is 170 cm³/mol. The van der Waals surface area contributed by atoms with E-state index in [9.17, 15) is 33.6 Å². The zero-order valence-electron chi connectivity index (χ0n) is 29.2. The average Bonchev–Trinajstić information content (AvgIpc) is 3.81. The summed E-state index contributed by atoms with van der Waals surface area (Å²) in [5.74, 6) is -5.22. The average molecular weight is 728 g/mol. The molecule has 8 atom stereocenters. The molecule has 284 valence electrons. The molecule has 2 rings (SSSR count). The molecule has 51 heavy (non-hydrogen) atoms. The van der Waals surface area contributed by atoms with Gasteiger partial charge in [0.15, 0.2) is 18.1 Å². The first-order valence-corrected chi connectivity index (χ1v) is 15.9. The van der Waals surface area contributed by atoms with Gasteiger partial charge in [-0.1, -0.05) is 5.11 Å². The van der Waals surface area contributed by atoms with Crippen LogP contribution in [0.3, 0.4) is 0 Å². The Hall–Kier alpha value is -4.92. The molecule has 2 heterocycles. The van der Waals surface area contributed by atoms with Crippen molar-refractivity contribution in [3.05, 3.63) is 10.4 Å². The molecule has 5 N–H and O–H groups in total. The van der Waals surface area contributed by atoms with E-state index in [2.05, 4.69) is 40.9 Å². The normalized spacial score (nSPS) is 23.2. The van der Waals surface area contributed by atoms with E-state index in [1.54, 1.807) is 6.92 Å². The number of carbonyl (C=O) groups is 7. The minimum atomic E-state index is -1.41. The second kappa shape index (κ2) is 20.1. The van der Waals surface area contributed by atoms with Crippen molar-refractivity contribution in [1.82, 2.24) is 16.0 Å². The van der Waals surface area contributed by atoms with E-state index in [0.717, 1.165) is 21.0 Å². The van der Waals surface area contributed by atoms with Crippen LogP contribution in [0, 0.1) is 0 Å². The van der Waals surface area contributed by atoms with Gasteiger partial charge in [-0.15, -0.1) is 0 Å². The fourth-order valence-electron chi connectivity index (χ4n) is 4.72. The molecule has 1 fully saturated rings. The number of methoxy groups -OCH3 is 1. The Bertz CT molecular complexity index is 1370. The highest BCUT2D eigenvalue weighted by Crippen LogP contribution is 2.32. The fourth-order valence-corrected chi connectivity index (χ4v) is 4.72. The summed E-state index contributed by atoms with van der Waals surface area (Å²) < 4.78 is 33.1. The van der Waals surface area contributed by atoms with Gasteiger partial charge in [0.1, 0.15) is 43.0 Å².